The molecule has 0 bridgehead atoms. The molecule has 2 aromatic rings. The van der Waals surface area contributed by atoms with E-state index in [-0.39, 0.29) is 11.1 Å². The Morgan fingerprint density at radius 3 is 2.19 bits per heavy atom. The van der Waals surface area contributed by atoms with Crippen LogP contribution in [0.1, 0.15) is 66.2 Å². The van der Waals surface area contributed by atoms with Crippen LogP contribution in [0, 0.1) is 0 Å². The van der Waals surface area contributed by atoms with Gasteiger partial charge in [-0.05, 0) is 47.7 Å². The molecule has 0 aromatic heterocycles. The molecule has 6 heteroatoms. The summed E-state index contributed by atoms with van der Waals surface area (Å²) in [4.78, 5) is 11.6. The van der Waals surface area contributed by atoms with E-state index in [4.69, 9.17) is 18.6 Å². The molecule has 0 N–H and O–H groups in total. The highest BCUT2D eigenvalue weighted by Crippen LogP contribution is 2.48. The average molecular weight is 521 g/mol. The van der Waals surface area contributed by atoms with E-state index in [2.05, 4.69) is 87.5 Å². The van der Waals surface area contributed by atoms with Crippen molar-refractivity contribution in [3.05, 3.63) is 72.8 Å². The van der Waals surface area contributed by atoms with E-state index in [9.17, 15) is 4.79 Å². The number of aldehydes is 1. The largest absolute Gasteiger partial charge is 0.405 e. The second-order valence-corrected chi connectivity index (χ2v) is 16.4. The molecule has 37 heavy (non-hydrogen) atoms. The quantitative estimate of drug-likeness (QED) is 0.295. The van der Waals surface area contributed by atoms with Crippen molar-refractivity contribution in [2.45, 2.75) is 94.5 Å². The molecular formula is C31H40O5Si. The summed E-state index contributed by atoms with van der Waals surface area (Å²) in [5, 5.41) is 2.43. The molecule has 0 unspecified atom stereocenters. The molecule has 2 saturated heterocycles. The van der Waals surface area contributed by atoms with Crippen LogP contribution in [-0.2, 0) is 23.4 Å². The summed E-state index contributed by atoms with van der Waals surface area (Å²) in [6, 6.07) is 21.4. The van der Waals surface area contributed by atoms with Crippen LogP contribution in [0.25, 0.3) is 0 Å². The van der Waals surface area contributed by atoms with E-state index >= 15 is 0 Å². The number of rotatable bonds is 6. The lowest BCUT2D eigenvalue weighted by molar-refractivity contribution is -0.364. The first kappa shape index (κ1) is 26.5. The fourth-order valence-electron chi connectivity index (χ4n) is 6.34. The highest BCUT2D eigenvalue weighted by atomic mass is 28.4. The standard InChI is InChI=1S/C31H40O5Si/c1-28(2,3)37(26-14-7-5-8-15-26,27-16-9-6-10-17-27)33-23-25-13-11-18-30(34-25)19-12-20-31(36-30)22-21-29(4,24-32)35-31/h5-10,12,14-17,19,24-25H,11,13,18,20-23H2,1-4H3/t25-,29+,30-,31+/m1/s1. The number of hydrogen-bond acceptors (Lipinski definition) is 5. The van der Waals surface area contributed by atoms with Gasteiger partial charge in [0.05, 0.1) is 12.7 Å². The van der Waals surface area contributed by atoms with Gasteiger partial charge >= 0.3 is 0 Å². The van der Waals surface area contributed by atoms with Crippen LogP contribution < -0.4 is 10.4 Å². The van der Waals surface area contributed by atoms with Crippen molar-refractivity contribution < 1.29 is 23.4 Å². The Morgan fingerprint density at radius 2 is 1.62 bits per heavy atom. The minimum atomic E-state index is -2.65. The van der Waals surface area contributed by atoms with Gasteiger partial charge in [-0.3, -0.25) is 0 Å². The van der Waals surface area contributed by atoms with Gasteiger partial charge in [-0.2, -0.15) is 0 Å². The van der Waals surface area contributed by atoms with Gasteiger partial charge < -0.3 is 23.4 Å². The number of benzene rings is 2. The summed E-state index contributed by atoms with van der Waals surface area (Å²) in [6.45, 7) is 9.21. The van der Waals surface area contributed by atoms with Gasteiger partial charge in [-0.25, -0.2) is 0 Å². The molecule has 5 rings (SSSR count). The summed E-state index contributed by atoms with van der Waals surface area (Å²) in [5.41, 5.74) is -0.799. The van der Waals surface area contributed by atoms with Crippen molar-refractivity contribution in [1.29, 1.82) is 0 Å². The van der Waals surface area contributed by atoms with E-state index in [1.807, 2.05) is 13.0 Å². The van der Waals surface area contributed by atoms with Crippen LogP contribution in [0.2, 0.25) is 5.04 Å². The Bertz CT molecular complexity index is 1070. The Labute approximate surface area is 222 Å². The van der Waals surface area contributed by atoms with E-state index < -0.39 is 25.5 Å². The predicted molar refractivity (Wildman–Crippen MR) is 147 cm³/mol. The van der Waals surface area contributed by atoms with Gasteiger partial charge in [0.25, 0.3) is 8.32 Å². The Hall–Kier alpha value is -2.09. The lowest BCUT2D eigenvalue weighted by atomic mass is 9.95. The fourth-order valence-corrected chi connectivity index (χ4v) is 10.9. The molecule has 4 atom stereocenters. The minimum Gasteiger partial charge on any atom is -0.405 e. The first-order valence-corrected chi connectivity index (χ1v) is 15.5. The topological polar surface area (TPSA) is 54.0 Å². The molecule has 2 aromatic carbocycles. The summed E-state index contributed by atoms with van der Waals surface area (Å²) < 4.78 is 26.7. The smallest absolute Gasteiger partial charge is 0.261 e. The Balaban J connectivity index is 1.40. The molecule has 0 radical (unpaired) electrons. The second kappa shape index (κ2) is 9.90. The third-order valence-corrected chi connectivity index (χ3v) is 13.2. The van der Waals surface area contributed by atoms with Gasteiger partial charge in [0.1, 0.15) is 5.60 Å². The molecule has 0 amide bonds. The molecule has 0 aliphatic carbocycles. The number of carbonyl (C=O) groups is 1. The first-order valence-electron chi connectivity index (χ1n) is 13.6. The van der Waals surface area contributed by atoms with Crippen LogP contribution >= 0.6 is 0 Å². The highest BCUT2D eigenvalue weighted by molar-refractivity contribution is 6.99. The van der Waals surface area contributed by atoms with Crippen LogP contribution in [0.5, 0.6) is 0 Å². The molecule has 2 fully saturated rings. The Morgan fingerprint density at radius 1 is 0.973 bits per heavy atom. The van der Waals surface area contributed by atoms with Crippen LogP contribution in [0.15, 0.2) is 72.8 Å². The summed E-state index contributed by atoms with van der Waals surface area (Å²) in [6.07, 6.45) is 9.57. The van der Waals surface area contributed by atoms with Crippen LogP contribution in [0.4, 0.5) is 0 Å². The van der Waals surface area contributed by atoms with E-state index in [1.165, 1.54) is 10.4 Å². The van der Waals surface area contributed by atoms with Crippen molar-refractivity contribution in [1.82, 2.24) is 0 Å². The lowest BCUT2D eigenvalue weighted by Gasteiger charge is -2.48. The van der Waals surface area contributed by atoms with E-state index in [1.54, 1.807) is 0 Å². The third kappa shape index (κ3) is 5.02. The van der Waals surface area contributed by atoms with Gasteiger partial charge in [-0.15, -0.1) is 0 Å². The second-order valence-electron chi connectivity index (χ2n) is 12.1. The van der Waals surface area contributed by atoms with Crippen molar-refractivity contribution in [2.75, 3.05) is 6.61 Å². The molecule has 2 spiro atoms. The molecular weight excluding hydrogens is 480 g/mol. The minimum absolute atomic E-state index is 0.0929. The van der Waals surface area contributed by atoms with Crippen molar-refractivity contribution in [2.24, 2.45) is 0 Å². The molecule has 5 nitrogen and oxygen atoms in total. The van der Waals surface area contributed by atoms with Gasteiger partial charge in [-0.1, -0.05) is 87.5 Å². The maximum Gasteiger partial charge on any atom is 0.261 e. The predicted octanol–water partition coefficient (Wildman–Crippen LogP) is 5.27. The maximum absolute atomic E-state index is 11.6. The zero-order chi connectivity index (χ0) is 26.2. The zero-order valence-corrected chi connectivity index (χ0v) is 23.6. The van der Waals surface area contributed by atoms with E-state index in [0.29, 0.717) is 25.9 Å². The molecule has 3 aliphatic heterocycles. The molecule has 198 valence electrons. The van der Waals surface area contributed by atoms with Gasteiger partial charge in [0, 0.05) is 19.3 Å². The van der Waals surface area contributed by atoms with Gasteiger partial charge in [0.15, 0.2) is 17.9 Å². The SMILES string of the molecule is CC(C)(C)[Si](OC[C@H]1CCC[C@@]2(C=CC[C@@]3(CC[C@@](C)(C=O)O3)O2)O1)(c1ccccc1)c1ccccc1. The average Bonchev–Trinajstić information content (AvgIpc) is 3.20. The van der Waals surface area contributed by atoms with Crippen LogP contribution in [-0.4, -0.2) is 44.5 Å². The summed E-state index contributed by atoms with van der Waals surface area (Å²) in [5.74, 6) is -1.64. The maximum atomic E-state index is 11.6. The third-order valence-electron chi connectivity index (χ3n) is 8.15. The monoisotopic (exact) mass is 520 g/mol. The van der Waals surface area contributed by atoms with Crippen molar-refractivity contribution in [3.63, 3.8) is 0 Å². The summed E-state index contributed by atoms with van der Waals surface area (Å²) in [7, 11) is -2.65. The zero-order valence-electron chi connectivity index (χ0n) is 22.6. The molecule has 3 aliphatic rings. The normalized spacial score (nSPS) is 32.2. The summed E-state index contributed by atoms with van der Waals surface area (Å²) >= 11 is 0. The molecule has 0 saturated carbocycles. The number of ether oxygens (including phenoxy) is 3. The first-order chi connectivity index (χ1) is 17.6. The van der Waals surface area contributed by atoms with E-state index in [0.717, 1.165) is 25.5 Å². The van der Waals surface area contributed by atoms with Crippen molar-refractivity contribution in [3.8, 4) is 0 Å². The Kier molecular flexibility index (Phi) is 7.09. The molecule has 3 heterocycles. The lowest BCUT2D eigenvalue weighted by Crippen LogP contribution is -2.67. The highest BCUT2D eigenvalue weighted by Gasteiger charge is 2.55. The number of carbonyl (C=O) groups excluding carboxylic acids is 1. The fraction of sp³-hybridized carbons (Fsp3) is 0.516. The van der Waals surface area contributed by atoms with Crippen molar-refractivity contribution >= 4 is 25.0 Å². The van der Waals surface area contributed by atoms with Gasteiger partial charge in [0.2, 0.25) is 0 Å². The number of hydrogen-bond donors (Lipinski definition) is 0. The van der Waals surface area contributed by atoms with Crippen LogP contribution in [0.3, 0.4) is 0 Å².